The highest BCUT2D eigenvalue weighted by atomic mass is 15.4. The Balaban J connectivity index is 1.63. The molecule has 0 N–H and O–H groups in total. The van der Waals surface area contributed by atoms with Crippen LogP contribution in [0.3, 0.4) is 0 Å². The lowest BCUT2D eigenvalue weighted by atomic mass is 9.94. The van der Waals surface area contributed by atoms with Crippen molar-refractivity contribution in [1.29, 1.82) is 0 Å². The molecule has 0 aromatic rings. The Hall–Kier alpha value is -0.920. The van der Waals surface area contributed by atoms with Crippen LogP contribution in [0, 0.1) is 6.58 Å². The summed E-state index contributed by atoms with van der Waals surface area (Å²) in [7, 11) is 0. The lowest BCUT2D eigenvalue weighted by molar-refractivity contribution is 0.193. The minimum absolute atomic E-state index is 0.594. The maximum Gasteiger partial charge on any atom is 0.122 e. The van der Waals surface area contributed by atoms with E-state index in [1.165, 1.54) is 64.2 Å². The van der Waals surface area contributed by atoms with Crippen LogP contribution in [-0.2, 0) is 0 Å². The quantitative estimate of drug-likeness (QED) is 0.727. The largest absolute Gasteiger partial charge is 0.329 e. The number of hydrogen-bond donors (Lipinski definition) is 0. The van der Waals surface area contributed by atoms with E-state index < -0.39 is 0 Å². The minimum atomic E-state index is 0.594. The molecule has 0 amide bonds. The zero-order chi connectivity index (χ0) is 12.4. The fourth-order valence-corrected chi connectivity index (χ4v) is 3.73. The smallest absolute Gasteiger partial charge is 0.122 e. The standard InChI is InChI=1S/C16H24N2/c1-14-17(15-8-4-2-5-9-15)12-13-18(14)16-10-6-3-7-11-16/h12-13,15-16H,2-11H2. The van der Waals surface area contributed by atoms with Gasteiger partial charge in [-0.3, -0.25) is 0 Å². The van der Waals surface area contributed by atoms with Crippen LogP contribution in [0.2, 0.25) is 0 Å². The number of rotatable bonds is 2. The molecule has 2 nitrogen and oxygen atoms in total. The van der Waals surface area contributed by atoms with E-state index in [2.05, 4.69) is 22.2 Å². The van der Waals surface area contributed by atoms with E-state index in [1.54, 1.807) is 0 Å². The minimum Gasteiger partial charge on any atom is -0.329 e. The molecule has 3 rings (SSSR count). The molecular weight excluding hydrogens is 220 g/mol. The molecule has 3 aliphatic rings. The third kappa shape index (κ3) is 2.30. The van der Waals surface area contributed by atoms with E-state index in [4.69, 9.17) is 6.58 Å². The molecule has 0 bridgehead atoms. The van der Waals surface area contributed by atoms with Gasteiger partial charge in [-0.15, -0.1) is 0 Å². The monoisotopic (exact) mass is 244 g/mol. The van der Waals surface area contributed by atoms with E-state index in [0.29, 0.717) is 12.1 Å². The van der Waals surface area contributed by atoms with Gasteiger partial charge in [-0.25, -0.2) is 0 Å². The molecule has 18 heavy (non-hydrogen) atoms. The van der Waals surface area contributed by atoms with Crippen LogP contribution in [0.15, 0.2) is 18.2 Å². The Bertz CT molecular complexity index is 292. The van der Waals surface area contributed by atoms with E-state index >= 15 is 0 Å². The fourth-order valence-electron chi connectivity index (χ4n) is 3.73. The Labute approximate surface area is 111 Å². The van der Waals surface area contributed by atoms with Crippen molar-refractivity contribution < 1.29 is 0 Å². The van der Waals surface area contributed by atoms with Crippen molar-refractivity contribution in [2.45, 2.75) is 76.3 Å². The predicted octanol–water partition coefficient (Wildman–Crippen LogP) is 3.89. The van der Waals surface area contributed by atoms with Crippen LogP contribution >= 0.6 is 0 Å². The predicted molar refractivity (Wildman–Crippen MR) is 73.3 cm³/mol. The van der Waals surface area contributed by atoms with E-state index in [-0.39, 0.29) is 0 Å². The van der Waals surface area contributed by atoms with Crippen molar-refractivity contribution in [1.82, 2.24) is 9.80 Å². The van der Waals surface area contributed by atoms with Gasteiger partial charge >= 0.3 is 0 Å². The maximum absolute atomic E-state index is 8.43. The maximum atomic E-state index is 8.43. The summed E-state index contributed by atoms with van der Waals surface area (Å²) in [6.07, 6.45) is 17.5. The molecule has 2 radical (unpaired) electrons. The summed E-state index contributed by atoms with van der Waals surface area (Å²) < 4.78 is 0. The molecule has 0 aromatic heterocycles. The molecule has 0 saturated heterocycles. The van der Waals surface area contributed by atoms with E-state index in [0.717, 1.165) is 5.82 Å². The van der Waals surface area contributed by atoms with Crippen LogP contribution < -0.4 is 0 Å². The zero-order valence-corrected chi connectivity index (χ0v) is 11.3. The van der Waals surface area contributed by atoms with E-state index in [9.17, 15) is 0 Å². The summed E-state index contributed by atoms with van der Waals surface area (Å²) in [5, 5.41) is 0. The summed E-state index contributed by atoms with van der Waals surface area (Å²) >= 11 is 0. The van der Waals surface area contributed by atoms with Crippen molar-refractivity contribution in [2.24, 2.45) is 0 Å². The van der Waals surface area contributed by atoms with Crippen molar-refractivity contribution >= 4 is 0 Å². The van der Waals surface area contributed by atoms with Gasteiger partial charge < -0.3 is 9.80 Å². The average Bonchev–Trinajstić information content (AvgIpc) is 2.83. The van der Waals surface area contributed by atoms with Crippen molar-refractivity contribution in [3.63, 3.8) is 0 Å². The van der Waals surface area contributed by atoms with Crippen LogP contribution in [-0.4, -0.2) is 21.9 Å². The SMILES string of the molecule is [C]=C1N(C2CCCCC2)C=CN1C1CCCCC1. The molecule has 1 aliphatic heterocycles. The van der Waals surface area contributed by atoms with E-state index in [1.807, 2.05) is 0 Å². The molecule has 0 unspecified atom stereocenters. The first-order valence-electron chi connectivity index (χ1n) is 7.70. The highest BCUT2D eigenvalue weighted by molar-refractivity contribution is 5.13. The van der Waals surface area contributed by atoms with Gasteiger partial charge in [-0.1, -0.05) is 38.5 Å². The second kappa shape index (κ2) is 5.38. The lowest BCUT2D eigenvalue weighted by Gasteiger charge is -2.37. The fraction of sp³-hybridized carbons (Fsp3) is 0.750. The zero-order valence-electron chi connectivity index (χ0n) is 11.3. The van der Waals surface area contributed by atoms with Crippen molar-refractivity contribution in [2.75, 3.05) is 0 Å². The molecule has 0 atom stereocenters. The van der Waals surface area contributed by atoms with Gasteiger partial charge in [0.05, 0.1) is 0 Å². The van der Waals surface area contributed by atoms with Crippen molar-refractivity contribution in [3.8, 4) is 0 Å². The molecule has 2 saturated carbocycles. The van der Waals surface area contributed by atoms with Gasteiger partial charge in [0.15, 0.2) is 0 Å². The summed E-state index contributed by atoms with van der Waals surface area (Å²) in [4.78, 5) is 4.46. The highest BCUT2D eigenvalue weighted by Gasteiger charge is 2.30. The second-order valence-electron chi connectivity index (χ2n) is 6.02. The van der Waals surface area contributed by atoms with Gasteiger partial charge in [0.1, 0.15) is 5.82 Å². The summed E-state index contributed by atoms with van der Waals surface area (Å²) in [5.41, 5.74) is 0. The van der Waals surface area contributed by atoms with Crippen LogP contribution in [0.1, 0.15) is 64.2 Å². The van der Waals surface area contributed by atoms with Gasteiger partial charge in [0.2, 0.25) is 0 Å². The average molecular weight is 244 g/mol. The molecule has 98 valence electrons. The molecule has 2 fully saturated rings. The molecule has 2 heteroatoms. The van der Waals surface area contributed by atoms with Crippen LogP contribution in [0.5, 0.6) is 0 Å². The topological polar surface area (TPSA) is 6.48 Å². The Morgan fingerprint density at radius 1 is 0.722 bits per heavy atom. The number of hydrogen-bond acceptors (Lipinski definition) is 2. The van der Waals surface area contributed by atoms with Gasteiger partial charge in [-0.05, 0) is 25.7 Å². The molecule has 2 aliphatic carbocycles. The second-order valence-corrected chi connectivity index (χ2v) is 6.02. The lowest BCUT2D eigenvalue weighted by Crippen LogP contribution is -2.37. The Morgan fingerprint density at radius 2 is 1.11 bits per heavy atom. The molecular formula is C16H24N2. The Morgan fingerprint density at radius 3 is 1.50 bits per heavy atom. The first-order chi connectivity index (χ1) is 8.86. The van der Waals surface area contributed by atoms with Gasteiger partial charge in [-0.2, -0.15) is 0 Å². The van der Waals surface area contributed by atoms with Crippen LogP contribution in [0.25, 0.3) is 0 Å². The molecule has 0 aromatic carbocycles. The normalized spacial score (nSPS) is 27.2. The number of nitrogens with zero attached hydrogens (tertiary/aromatic N) is 2. The van der Waals surface area contributed by atoms with Gasteiger partial charge in [0, 0.05) is 31.1 Å². The summed E-state index contributed by atoms with van der Waals surface area (Å²) in [6, 6.07) is 1.19. The molecule has 1 heterocycles. The van der Waals surface area contributed by atoms with Crippen molar-refractivity contribution in [3.05, 3.63) is 24.8 Å². The Kier molecular flexibility index (Phi) is 3.62. The highest BCUT2D eigenvalue weighted by Crippen LogP contribution is 2.33. The first-order valence-corrected chi connectivity index (χ1v) is 7.70. The summed E-state index contributed by atoms with van der Waals surface area (Å²) in [5.74, 6) is 0.744. The third-order valence-electron chi connectivity index (χ3n) is 4.81. The van der Waals surface area contributed by atoms with Gasteiger partial charge in [0.25, 0.3) is 0 Å². The molecule has 0 spiro atoms. The van der Waals surface area contributed by atoms with Crippen LogP contribution in [0.4, 0.5) is 0 Å². The summed E-state index contributed by atoms with van der Waals surface area (Å²) in [6.45, 7) is 8.43. The third-order valence-corrected chi connectivity index (χ3v) is 4.81. The first kappa shape index (κ1) is 12.1.